The van der Waals surface area contributed by atoms with Crippen LogP contribution >= 0.6 is 11.8 Å². The highest BCUT2D eigenvalue weighted by Gasteiger charge is 2.10. The molecule has 3 rings (SSSR count). The molecule has 0 saturated heterocycles. The van der Waals surface area contributed by atoms with Crippen LogP contribution in [0.15, 0.2) is 59.6 Å². The van der Waals surface area contributed by atoms with Gasteiger partial charge in [-0.3, -0.25) is 4.79 Å². The van der Waals surface area contributed by atoms with E-state index in [1.54, 1.807) is 18.9 Å². The molecule has 1 heterocycles. The van der Waals surface area contributed by atoms with Gasteiger partial charge in [0, 0.05) is 40.3 Å². The van der Waals surface area contributed by atoms with Gasteiger partial charge in [0.1, 0.15) is 5.75 Å². The number of aromatic nitrogens is 1. The Kier molecular flexibility index (Phi) is 5.11. The van der Waals surface area contributed by atoms with Crippen molar-refractivity contribution in [2.45, 2.75) is 18.4 Å². The first-order valence-corrected chi connectivity index (χ1v) is 8.84. The number of hydrogen-bond acceptors (Lipinski definition) is 3. The van der Waals surface area contributed by atoms with Gasteiger partial charge < -0.3 is 14.6 Å². The van der Waals surface area contributed by atoms with Crippen molar-refractivity contribution in [1.29, 1.82) is 0 Å². The maximum atomic E-state index is 12.2. The van der Waals surface area contributed by atoms with Gasteiger partial charge in [0.2, 0.25) is 5.91 Å². The van der Waals surface area contributed by atoms with Gasteiger partial charge in [0.25, 0.3) is 0 Å². The van der Waals surface area contributed by atoms with E-state index in [4.69, 9.17) is 4.74 Å². The van der Waals surface area contributed by atoms with Crippen LogP contribution in [0.4, 0.5) is 5.69 Å². The highest BCUT2D eigenvalue weighted by molar-refractivity contribution is 8.00. The largest absolute Gasteiger partial charge is 0.497 e. The Bertz CT molecular complexity index is 857. The molecule has 124 valence electrons. The second-order valence-electron chi connectivity index (χ2n) is 5.37. The summed E-state index contributed by atoms with van der Waals surface area (Å²) in [6.07, 6.45) is 2.12. The van der Waals surface area contributed by atoms with Crippen LogP contribution in [0.3, 0.4) is 0 Å². The number of nitrogens with one attached hydrogen (secondary N) is 1. The molecule has 0 spiro atoms. The number of ether oxygens (including phenoxy) is 1. The fourth-order valence-corrected chi connectivity index (χ4v) is 3.52. The number of hydrogen-bond donors (Lipinski definition) is 1. The maximum Gasteiger partial charge on any atom is 0.234 e. The van der Waals surface area contributed by atoms with E-state index >= 15 is 0 Å². The van der Waals surface area contributed by atoms with Crippen LogP contribution in [0.2, 0.25) is 0 Å². The normalized spacial score (nSPS) is 10.8. The lowest BCUT2D eigenvalue weighted by Crippen LogP contribution is -2.13. The Morgan fingerprint density at radius 2 is 2.04 bits per heavy atom. The van der Waals surface area contributed by atoms with Crippen molar-refractivity contribution in [3.05, 3.63) is 54.7 Å². The summed E-state index contributed by atoms with van der Waals surface area (Å²) in [6, 6.07) is 15.7. The van der Waals surface area contributed by atoms with E-state index in [-0.39, 0.29) is 5.91 Å². The lowest BCUT2D eigenvalue weighted by molar-refractivity contribution is -0.113. The van der Waals surface area contributed by atoms with E-state index in [2.05, 4.69) is 35.1 Å². The molecule has 1 aromatic heterocycles. The summed E-state index contributed by atoms with van der Waals surface area (Å²) in [7, 11) is 1.61. The second-order valence-corrected chi connectivity index (χ2v) is 6.38. The molecule has 24 heavy (non-hydrogen) atoms. The van der Waals surface area contributed by atoms with Gasteiger partial charge >= 0.3 is 0 Å². The van der Waals surface area contributed by atoms with Gasteiger partial charge in [-0.2, -0.15) is 0 Å². The Morgan fingerprint density at radius 3 is 2.83 bits per heavy atom. The Balaban J connectivity index is 1.68. The number of anilines is 1. The molecular formula is C19H20N2O2S. The van der Waals surface area contributed by atoms with Gasteiger partial charge in [0.05, 0.1) is 12.9 Å². The van der Waals surface area contributed by atoms with Crippen molar-refractivity contribution in [1.82, 2.24) is 4.57 Å². The van der Waals surface area contributed by atoms with E-state index < -0.39 is 0 Å². The average Bonchev–Trinajstić information content (AvgIpc) is 2.98. The summed E-state index contributed by atoms with van der Waals surface area (Å²) in [5, 5.41) is 4.10. The molecule has 0 radical (unpaired) electrons. The minimum Gasteiger partial charge on any atom is -0.497 e. The van der Waals surface area contributed by atoms with Crippen LogP contribution in [-0.2, 0) is 11.3 Å². The number of carbonyl (C=O) groups is 1. The van der Waals surface area contributed by atoms with Crippen molar-refractivity contribution in [3.63, 3.8) is 0 Å². The third-order valence-corrected chi connectivity index (χ3v) is 4.85. The third-order valence-electron chi connectivity index (χ3n) is 3.80. The lowest BCUT2D eigenvalue weighted by atomic mass is 10.2. The third kappa shape index (κ3) is 3.57. The molecule has 1 N–H and O–H groups in total. The van der Waals surface area contributed by atoms with Crippen LogP contribution < -0.4 is 10.1 Å². The van der Waals surface area contributed by atoms with E-state index in [9.17, 15) is 4.79 Å². The van der Waals surface area contributed by atoms with Gasteiger partial charge in [-0.1, -0.05) is 24.3 Å². The van der Waals surface area contributed by atoms with Crippen molar-refractivity contribution < 1.29 is 9.53 Å². The van der Waals surface area contributed by atoms with Crippen molar-refractivity contribution in [2.24, 2.45) is 0 Å². The number of benzene rings is 2. The highest BCUT2D eigenvalue weighted by atomic mass is 32.2. The van der Waals surface area contributed by atoms with Crippen LogP contribution in [0.5, 0.6) is 5.75 Å². The van der Waals surface area contributed by atoms with E-state index in [0.29, 0.717) is 5.75 Å². The molecule has 2 aromatic carbocycles. The van der Waals surface area contributed by atoms with E-state index in [1.165, 1.54) is 10.9 Å². The number of rotatable bonds is 6. The first-order chi connectivity index (χ1) is 11.7. The Morgan fingerprint density at radius 1 is 1.21 bits per heavy atom. The fourth-order valence-electron chi connectivity index (χ4n) is 2.63. The Hall–Kier alpha value is -2.40. The van der Waals surface area contributed by atoms with Crippen molar-refractivity contribution in [2.75, 3.05) is 18.2 Å². The predicted octanol–water partition coefficient (Wildman–Crippen LogP) is 4.40. The quantitative estimate of drug-likeness (QED) is 0.676. The summed E-state index contributed by atoms with van der Waals surface area (Å²) in [5.74, 6) is 1.07. The van der Waals surface area contributed by atoms with Gasteiger partial charge in [-0.25, -0.2) is 0 Å². The zero-order valence-corrected chi connectivity index (χ0v) is 14.6. The number of methoxy groups -OCH3 is 1. The first-order valence-electron chi connectivity index (χ1n) is 7.86. The van der Waals surface area contributed by atoms with Crippen LogP contribution in [0.25, 0.3) is 10.9 Å². The summed E-state index contributed by atoms with van der Waals surface area (Å²) in [4.78, 5) is 13.4. The molecule has 0 aliphatic rings. The highest BCUT2D eigenvalue weighted by Crippen LogP contribution is 2.30. The number of nitrogens with zero attached hydrogens (tertiary/aromatic N) is 1. The molecule has 3 aromatic rings. The summed E-state index contributed by atoms with van der Waals surface area (Å²) in [6.45, 7) is 3.04. The molecule has 0 saturated carbocycles. The standard InChI is InChI=1S/C19H20N2O2S/c1-3-21-12-18(16-9-4-5-10-17(16)21)24-13-19(22)20-14-7-6-8-15(11-14)23-2/h4-12H,3,13H2,1-2H3,(H,20,22). The van der Waals surface area contributed by atoms with E-state index in [0.717, 1.165) is 22.9 Å². The molecule has 0 atom stereocenters. The molecule has 0 unspecified atom stereocenters. The topological polar surface area (TPSA) is 43.3 Å². The number of aryl methyl sites for hydroxylation is 1. The summed E-state index contributed by atoms with van der Waals surface area (Å²) >= 11 is 1.56. The smallest absolute Gasteiger partial charge is 0.234 e. The van der Waals surface area contributed by atoms with Crippen LogP contribution in [0, 0.1) is 0 Å². The molecule has 1 amide bonds. The molecule has 0 aliphatic carbocycles. The Labute approximate surface area is 145 Å². The number of thioether (sulfide) groups is 1. The predicted molar refractivity (Wildman–Crippen MR) is 100.0 cm³/mol. The summed E-state index contributed by atoms with van der Waals surface area (Å²) < 4.78 is 7.38. The van der Waals surface area contributed by atoms with Gasteiger partial charge in [0.15, 0.2) is 0 Å². The number of fused-ring (bicyclic) bond motifs is 1. The number of amides is 1. The zero-order chi connectivity index (χ0) is 16.9. The second kappa shape index (κ2) is 7.45. The molecular weight excluding hydrogens is 320 g/mol. The van der Waals surface area contributed by atoms with E-state index in [1.807, 2.05) is 36.4 Å². The molecule has 0 fully saturated rings. The van der Waals surface area contributed by atoms with Gasteiger partial charge in [-0.15, -0.1) is 11.8 Å². The SMILES string of the molecule is CCn1cc(SCC(=O)Nc2cccc(OC)c2)c2ccccc21. The lowest BCUT2D eigenvalue weighted by Gasteiger charge is -2.06. The monoisotopic (exact) mass is 340 g/mol. The minimum atomic E-state index is -0.0263. The molecule has 0 aliphatic heterocycles. The van der Waals surface area contributed by atoms with Crippen molar-refractivity contribution >= 4 is 34.3 Å². The van der Waals surface area contributed by atoms with Gasteiger partial charge in [-0.05, 0) is 25.1 Å². The summed E-state index contributed by atoms with van der Waals surface area (Å²) in [5.41, 5.74) is 1.95. The van der Waals surface area contributed by atoms with Crippen LogP contribution in [-0.4, -0.2) is 23.3 Å². The first kappa shape index (κ1) is 16.5. The average molecular weight is 340 g/mol. The zero-order valence-electron chi connectivity index (χ0n) is 13.8. The maximum absolute atomic E-state index is 12.2. The number of carbonyl (C=O) groups excluding carboxylic acids is 1. The molecule has 0 bridgehead atoms. The number of para-hydroxylation sites is 1. The fraction of sp³-hybridized carbons (Fsp3) is 0.211. The molecule has 5 heteroatoms. The molecule has 4 nitrogen and oxygen atoms in total. The van der Waals surface area contributed by atoms with Crippen LogP contribution in [0.1, 0.15) is 6.92 Å². The van der Waals surface area contributed by atoms with Crippen molar-refractivity contribution in [3.8, 4) is 5.75 Å². The minimum absolute atomic E-state index is 0.0263.